The van der Waals surface area contributed by atoms with Crippen LogP contribution in [0, 0.1) is 6.92 Å². The van der Waals surface area contributed by atoms with Gasteiger partial charge in [0.05, 0.1) is 22.8 Å². The van der Waals surface area contributed by atoms with Crippen molar-refractivity contribution in [2.45, 2.75) is 58.5 Å². The Morgan fingerprint density at radius 3 is 2.58 bits per heavy atom. The van der Waals surface area contributed by atoms with Crippen molar-refractivity contribution < 1.29 is 4.79 Å². The lowest BCUT2D eigenvalue weighted by Crippen LogP contribution is -2.53. The Bertz CT molecular complexity index is 1230. The van der Waals surface area contributed by atoms with Gasteiger partial charge in [0.25, 0.3) is 0 Å². The molecule has 1 atom stereocenters. The Kier molecular flexibility index (Phi) is 5.11. The van der Waals surface area contributed by atoms with E-state index in [2.05, 4.69) is 42.0 Å². The van der Waals surface area contributed by atoms with E-state index in [4.69, 9.17) is 10.1 Å². The van der Waals surface area contributed by atoms with E-state index in [1.54, 1.807) is 11.1 Å². The van der Waals surface area contributed by atoms with E-state index in [1.807, 2.05) is 43.9 Å². The summed E-state index contributed by atoms with van der Waals surface area (Å²) in [6.45, 7) is 8.27. The topological polar surface area (TPSA) is 79.2 Å². The zero-order valence-electron chi connectivity index (χ0n) is 20.1. The molecule has 0 radical (unpaired) electrons. The summed E-state index contributed by atoms with van der Waals surface area (Å²) < 4.78 is 1.95. The van der Waals surface area contributed by atoms with E-state index in [1.165, 1.54) is 12.8 Å². The Morgan fingerprint density at radius 1 is 1.12 bits per heavy atom. The van der Waals surface area contributed by atoms with Gasteiger partial charge in [-0.25, -0.2) is 9.97 Å². The third-order valence-corrected chi connectivity index (χ3v) is 6.77. The number of nitrogens with zero attached hydrogens (tertiary/aromatic N) is 6. The van der Waals surface area contributed by atoms with Gasteiger partial charge in [-0.3, -0.25) is 9.48 Å². The third-order valence-electron chi connectivity index (χ3n) is 6.77. The van der Waals surface area contributed by atoms with Crippen LogP contribution in [0.5, 0.6) is 0 Å². The molecule has 1 unspecified atom stereocenters. The number of benzene rings is 1. The minimum Gasteiger partial charge on any atom is -0.356 e. The molecule has 1 aliphatic heterocycles. The first-order valence-electron chi connectivity index (χ1n) is 11.6. The van der Waals surface area contributed by atoms with Gasteiger partial charge in [0.1, 0.15) is 6.04 Å². The van der Waals surface area contributed by atoms with Crippen LogP contribution in [0.3, 0.4) is 0 Å². The predicted octanol–water partition coefficient (Wildman–Crippen LogP) is 4.39. The monoisotopic (exact) mass is 445 g/mol. The van der Waals surface area contributed by atoms with E-state index in [9.17, 15) is 4.79 Å². The van der Waals surface area contributed by atoms with Crippen molar-refractivity contribution in [2.24, 2.45) is 7.05 Å². The second-order valence-electron chi connectivity index (χ2n) is 9.41. The molecule has 172 valence electrons. The molecule has 8 nitrogen and oxygen atoms in total. The summed E-state index contributed by atoms with van der Waals surface area (Å²) in [4.78, 5) is 25.9. The first kappa shape index (κ1) is 21.4. The number of nitrogens with one attached hydrogen (secondary N) is 1. The van der Waals surface area contributed by atoms with Gasteiger partial charge in [-0.05, 0) is 64.8 Å². The summed E-state index contributed by atoms with van der Waals surface area (Å²) >= 11 is 0. The van der Waals surface area contributed by atoms with Crippen molar-refractivity contribution in [3.8, 4) is 11.3 Å². The van der Waals surface area contributed by atoms with Crippen molar-refractivity contribution in [1.29, 1.82) is 0 Å². The molecule has 0 spiro atoms. The number of anilines is 4. The zero-order chi connectivity index (χ0) is 23.4. The maximum Gasteiger partial charge on any atom is 0.249 e. The van der Waals surface area contributed by atoms with Gasteiger partial charge >= 0.3 is 0 Å². The van der Waals surface area contributed by atoms with Crippen molar-refractivity contribution >= 4 is 28.9 Å². The summed E-state index contributed by atoms with van der Waals surface area (Å²) in [6, 6.07) is 7.97. The molecule has 0 saturated heterocycles. The van der Waals surface area contributed by atoms with Crippen molar-refractivity contribution in [3.63, 3.8) is 0 Å². The molecule has 1 aromatic carbocycles. The van der Waals surface area contributed by atoms with Gasteiger partial charge in [0.2, 0.25) is 11.9 Å². The number of hydrogen-bond acceptors (Lipinski definition) is 6. The minimum atomic E-state index is -0.216. The average molecular weight is 446 g/mol. The van der Waals surface area contributed by atoms with Gasteiger partial charge in [-0.15, -0.1) is 0 Å². The number of fused-ring (bicyclic) bond motifs is 1. The number of rotatable bonds is 5. The number of carbonyl (C=O) groups is 1. The molecule has 2 aromatic heterocycles. The minimum absolute atomic E-state index is 0.103. The number of hydrogen-bond donors (Lipinski definition) is 1. The highest BCUT2D eigenvalue weighted by Gasteiger charge is 2.35. The van der Waals surface area contributed by atoms with Gasteiger partial charge < -0.3 is 15.1 Å². The highest BCUT2D eigenvalue weighted by atomic mass is 16.2. The first-order chi connectivity index (χ1) is 15.8. The highest BCUT2D eigenvalue weighted by molar-refractivity contribution is 6.05. The second-order valence-corrected chi connectivity index (χ2v) is 9.41. The predicted molar refractivity (Wildman–Crippen MR) is 131 cm³/mol. The lowest BCUT2D eigenvalue weighted by Gasteiger charge is -2.42. The Balaban J connectivity index is 1.49. The molecule has 3 heterocycles. The number of aryl methyl sites for hydroxylation is 1. The molecule has 0 bridgehead atoms. The fourth-order valence-corrected chi connectivity index (χ4v) is 4.82. The molecule has 5 rings (SSSR count). The highest BCUT2D eigenvalue weighted by Crippen LogP contribution is 2.44. The normalized spacial score (nSPS) is 18.2. The third kappa shape index (κ3) is 3.63. The average Bonchev–Trinajstić information content (AvgIpc) is 3.58. The number of carbonyl (C=O) groups excluding carboxylic acids is 1. The molecule has 1 aliphatic carbocycles. The molecule has 33 heavy (non-hydrogen) atoms. The zero-order valence-corrected chi connectivity index (χ0v) is 20.1. The quantitative estimate of drug-likeness (QED) is 0.628. The second kappa shape index (κ2) is 7.86. The number of amides is 1. The van der Waals surface area contributed by atoms with Crippen LogP contribution < -0.4 is 15.1 Å². The molecule has 3 aromatic rings. The lowest BCUT2D eigenvalue weighted by atomic mass is 10.0. The molecular weight excluding hydrogens is 414 g/mol. The van der Waals surface area contributed by atoms with Crippen molar-refractivity contribution in [2.75, 3.05) is 22.2 Å². The summed E-state index contributed by atoms with van der Waals surface area (Å²) in [6.07, 6.45) is 4.17. The van der Waals surface area contributed by atoms with Crippen LogP contribution in [0.1, 0.15) is 50.9 Å². The van der Waals surface area contributed by atoms with Crippen LogP contribution in [0.25, 0.3) is 11.3 Å². The van der Waals surface area contributed by atoms with E-state index >= 15 is 0 Å². The van der Waals surface area contributed by atoms with E-state index in [0.29, 0.717) is 11.9 Å². The Hall–Kier alpha value is -3.42. The van der Waals surface area contributed by atoms with E-state index < -0.39 is 0 Å². The number of likely N-dealkylation sites (N-methyl/N-ethyl adjacent to an activating group) is 1. The Labute approximate surface area is 194 Å². The molecule has 2 aliphatic rings. The summed E-state index contributed by atoms with van der Waals surface area (Å²) in [7, 11) is 3.82. The van der Waals surface area contributed by atoms with Gasteiger partial charge in [-0.1, -0.05) is 0 Å². The van der Waals surface area contributed by atoms with Crippen molar-refractivity contribution in [1.82, 2.24) is 19.7 Å². The van der Waals surface area contributed by atoms with Crippen LogP contribution in [-0.4, -0.2) is 44.8 Å². The summed E-state index contributed by atoms with van der Waals surface area (Å²) in [5.41, 5.74) is 7.09. The smallest absolute Gasteiger partial charge is 0.249 e. The summed E-state index contributed by atoms with van der Waals surface area (Å²) in [5, 5.41) is 8.13. The molecule has 1 amide bonds. The van der Waals surface area contributed by atoms with Gasteiger partial charge in [0.15, 0.2) is 0 Å². The largest absolute Gasteiger partial charge is 0.356 e. The van der Waals surface area contributed by atoms with Gasteiger partial charge in [-0.2, -0.15) is 5.10 Å². The van der Waals surface area contributed by atoms with E-state index in [-0.39, 0.29) is 18.0 Å². The molecule has 8 heteroatoms. The van der Waals surface area contributed by atoms with Gasteiger partial charge in [0, 0.05) is 49.2 Å². The van der Waals surface area contributed by atoms with Crippen LogP contribution in [0.2, 0.25) is 0 Å². The molecule has 1 fully saturated rings. The fraction of sp³-hybridized carbons (Fsp3) is 0.440. The molecular formula is C25H31N7O. The first-order valence-corrected chi connectivity index (χ1v) is 11.6. The maximum absolute atomic E-state index is 12.7. The standard InChI is InChI=1S/C25H31N7O/c1-14(2)32-16(4)24(33)30(5)20-10-9-18(13-21(20)32)27-25-26-12-11-19(28-25)22-15(3)31(6)29-23(22)17-7-8-17/h9-14,16-17H,7-8H2,1-6H3,(H,26,27,28). The lowest BCUT2D eigenvalue weighted by molar-refractivity contribution is -0.119. The number of aromatic nitrogens is 4. The van der Waals surface area contributed by atoms with Crippen LogP contribution in [0.4, 0.5) is 23.0 Å². The van der Waals surface area contributed by atoms with Crippen molar-refractivity contribution in [3.05, 3.63) is 41.9 Å². The van der Waals surface area contributed by atoms with Crippen LogP contribution in [0.15, 0.2) is 30.5 Å². The molecule has 1 N–H and O–H groups in total. The Morgan fingerprint density at radius 2 is 1.88 bits per heavy atom. The van der Waals surface area contributed by atoms with Crippen LogP contribution >= 0.6 is 0 Å². The SMILES string of the molecule is Cc1c(-c2ccnc(Nc3ccc4c(c3)N(C(C)C)C(C)C(=O)N4C)n2)c(C2CC2)nn1C. The summed E-state index contributed by atoms with van der Waals surface area (Å²) in [5.74, 6) is 1.18. The fourth-order valence-electron chi connectivity index (χ4n) is 4.82. The molecule has 1 saturated carbocycles. The maximum atomic E-state index is 12.7. The van der Waals surface area contributed by atoms with E-state index in [0.717, 1.165) is 39.7 Å². The van der Waals surface area contributed by atoms with Crippen LogP contribution in [-0.2, 0) is 11.8 Å².